The molecule has 0 spiro atoms. The maximum absolute atomic E-state index is 11.5. The summed E-state index contributed by atoms with van der Waals surface area (Å²) in [5.74, 6) is 0.0200. The van der Waals surface area contributed by atoms with Crippen molar-refractivity contribution in [2.24, 2.45) is 5.92 Å². The predicted octanol–water partition coefficient (Wildman–Crippen LogP) is 2.83. The molecule has 0 unspecified atom stereocenters. The van der Waals surface area contributed by atoms with Gasteiger partial charge in [-0.2, -0.15) is 0 Å². The number of likely N-dealkylation sites (tertiary alicyclic amines) is 1. The van der Waals surface area contributed by atoms with Gasteiger partial charge in [0.1, 0.15) is 5.01 Å². The summed E-state index contributed by atoms with van der Waals surface area (Å²) in [6, 6.07) is 0. The molecular weight excluding hydrogens is 272 g/mol. The number of aromatic nitrogens is 1. The molecule has 112 valence electrons. The number of hydrogen-bond donors (Lipinski definition) is 0. The first-order valence-electron chi connectivity index (χ1n) is 7.15. The third-order valence-corrected chi connectivity index (χ3v) is 4.63. The second-order valence-corrected chi connectivity index (χ2v) is 7.39. The van der Waals surface area contributed by atoms with Crippen LogP contribution in [-0.4, -0.2) is 36.1 Å². The van der Waals surface area contributed by atoms with E-state index in [1.54, 1.807) is 11.3 Å². The number of methoxy groups -OCH3 is 1. The molecule has 1 aromatic rings. The molecule has 4 nitrogen and oxygen atoms in total. The summed E-state index contributed by atoms with van der Waals surface area (Å²) in [5.41, 5.74) is 1.29. The molecule has 2 heterocycles. The van der Waals surface area contributed by atoms with Crippen LogP contribution < -0.4 is 0 Å². The third-order valence-electron chi connectivity index (χ3n) is 3.80. The van der Waals surface area contributed by atoms with E-state index in [1.165, 1.54) is 17.8 Å². The van der Waals surface area contributed by atoms with Gasteiger partial charge in [-0.1, -0.05) is 20.8 Å². The number of carbonyl (C=O) groups is 1. The van der Waals surface area contributed by atoms with Crippen molar-refractivity contribution in [2.75, 3.05) is 20.2 Å². The molecule has 5 heteroatoms. The zero-order chi connectivity index (χ0) is 14.8. The van der Waals surface area contributed by atoms with E-state index in [9.17, 15) is 4.79 Å². The Morgan fingerprint density at radius 2 is 2.10 bits per heavy atom. The van der Waals surface area contributed by atoms with Gasteiger partial charge in [0.05, 0.1) is 25.3 Å². The van der Waals surface area contributed by atoms with Gasteiger partial charge in [-0.05, 0) is 25.9 Å². The fraction of sp³-hybridized carbons (Fsp3) is 0.733. The summed E-state index contributed by atoms with van der Waals surface area (Å²) in [5, 5.41) is 3.34. The van der Waals surface area contributed by atoms with E-state index >= 15 is 0 Å². The lowest BCUT2D eigenvalue weighted by Gasteiger charge is -2.29. The third kappa shape index (κ3) is 3.79. The fourth-order valence-electron chi connectivity index (χ4n) is 2.41. The van der Waals surface area contributed by atoms with Gasteiger partial charge < -0.3 is 4.74 Å². The van der Waals surface area contributed by atoms with Gasteiger partial charge >= 0.3 is 5.97 Å². The van der Waals surface area contributed by atoms with Crippen molar-refractivity contribution in [3.8, 4) is 0 Å². The summed E-state index contributed by atoms with van der Waals surface area (Å²) in [6.07, 6.45) is 1.79. The minimum Gasteiger partial charge on any atom is -0.469 e. The van der Waals surface area contributed by atoms with Crippen molar-refractivity contribution in [2.45, 2.75) is 45.6 Å². The number of carbonyl (C=O) groups excluding carboxylic acids is 1. The average molecular weight is 296 g/mol. The van der Waals surface area contributed by atoms with Crippen molar-refractivity contribution < 1.29 is 9.53 Å². The van der Waals surface area contributed by atoms with Crippen molar-refractivity contribution >= 4 is 17.3 Å². The quantitative estimate of drug-likeness (QED) is 0.804. The molecule has 0 aliphatic carbocycles. The Bertz CT molecular complexity index is 457. The molecule has 1 aliphatic rings. The molecule has 0 amide bonds. The first-order valence-corrected chi connectivity index (χ1v) is 8.03. The Morgan fingerprint density at radius 1 is 1.45 bits per heavy atom. The van der Waals surface area contributed by atoms with E-state index in [4.69, 9.17) is 9.72 Å². The first kappa shape index (κ1) is 15.4. The van der Waals surface area contributed by atoms with Crippen LogP contribution in [0.25, 0.3) is 0 Å². The Kier molecular flexibility index (Phi) is 4.81. The lowest BCUT2D eigenvalue weighted by Crippen LogP contribution is -2.36. The number of nitrogens with zero attached hydrogens (tertiary/aromatic N) is 2. The Hall–Kier alpha value is -0.940. The summed E-state index contributed by atoms with van der Waals surface area (Å²) in [4.78, 5) is 18.6. The zero-order valence-electron chi connectivity index (χ0n) is 12.8. The smallest absolute Gasteiger partial charge is 0.308 e. The SMILES string of the molecule is COC(=O)C1CCN(Cc2nc(C(C)(C)C)cs2)CC1. The molecule has 0 radical (unpaired) electrons. The highest BCUT2D eigenvalue weighted by Crippen LogP contribution is 2.26. The zero-order valence-corrected chi connectivity index (χ0v) is 13.6. The molecule has 20 heavy (non-hydrogen) atoms. The van der Waals surface area contributed by atoms with E-state index in [0.29, 0.717) is 0 Å². The van der Waals surface area contributed by atoms with Crippen LogP contribution in [0.5, 0.6) is 0 Å². The normalized spacial score (nSPS) is 18.2. The second kappa shape index (κ2) is 6.22. The van der Waals surface area contributed by atoms with Gasteiger partial charge in [0.15, 0.2) is 0 Å². The van der Waals surface area contributed by atoms with E-state index in [-0.39, 0.29) is 17.3 Å². The molecule has 1 aliphatic heterocycles. The summed E-state index contributed by atoms with van der Waals surface area (Å²) in [7, 11) is 1.47. The van der Waals surface area contributed by atoms with Crippen LogP contribution in [0.15, 0.2) is 5.38 Å². The Morgan fingerprint density at radius 3 is 2.60 bits per heavy atom. The van der Waals surface area contributed by atoms with Gasteiger partial charge in [0, 0.05) is 10.8 Å². The maximum Gasteiger partial charge on any atom is 0.308 e. The van der Waals surface area contributed by atoms with Crippen LogP contribution in [0.2, 0.25) is 0 Å². The van der Waals surface area contributed by atoms with Crippen LogP contribution in [0.3, 0.4) is 0 Å². The number of hydrogen-bond acceptors (Lipinski definition) is 5. The van der Waals surface area contributed by atoms with Crippen LogP contribution in [0.1, 0.15) is 44.3 Å². The topological polar surface area (TPSA) is 42.4 Å². The molecule has 0 atom stereocenters. The monoisotopic (exact) mass is 296 g/mol. The number of thiazole rings is 1. The largest absolute Gasteiger partial charge is 0.469 e. The summed E-state index contributed by atoms with van der Waals surface area (Å²) < 4.78 is 4.82. The molecule has 2 rings (SSSR count). The van der Waals surface area contributed by atoms with Crippen LogP contribution in [-0.2, 0) is 21.5 Å². The standard InChI is InChI=1S/C15H24N2O2S/c1-15(2,3)12-10-20-13(16-12)9-17-7-5-11(6-8-17)14(18)19-4/h10-11H,5-9H2,1-4H3. The molecule has 0 bridgehead atoms. The lowest BCUT2D eigenvalue weighted by molar-refractivity contribution is -0.147. The molecule has 0 aromatic carbocycles. The number of rotatable bonds is 3. The van der Waals surface area contributed by atoms with E-state index in [2.05, 4.69) is 31.1 Å². The molecular formula is C15H24N2O2S. The second-order valence-electron chi connectivity index (χ2n) is 6.45. The van der Waals surface area contributed by atoms with Gasteiger partial charge in [0.2, 0.25) is 0 Å². The lowest BCUT2D eigenvalue weighted by atomic mass is 9.93. The highest BCUT2D eigenvalue weighted by molar-refractivity contribution is 7.09. The number of piperidine rings is 1. The number of esters is 1. The highest BCUT2D eigenvalue weighted by atomic mass is 32.1. The van der Waals surface area contributed by atoms with Crippen molar-refractivity contribution in [3.63, 3.8) is 0 Å². The van der Waals surface area contributed by atoms with Gasteiger partial charge in [-0.15, -0.1) is 11.3 Å². The molecule has 1 fully saturated rings. The van der Waals surface area contributed by atoms with E-state index in [1.807, 2.05) is 0 Å². The van der Waals surface area contributed by atoms with Gasteiger partial charge in [0.25, 0.3) is 0 Å². The van der Waals surface area contributed by atoms with Crippen molar-refractivity contribution in [1.29, 1.82) is 0 Å². The molecule has 1 saturated heterocycles. The highest BCUT2D eigenvalue weighted by Gasteiger charge is 2.26. The van der Waals surface area contributed by atoms with E-state index in [0.717, 1.165) is 32.5 Å². The van der Waals surface area contributed by atoms with E-state index < -0.39 is 0 Å². The average Bonchev–Trinajstić information content (AvgIpc) is 2.87. The predicted molar refractivity (Wildman–Crippen MR) is 80.8 cm³/mol. The Balaban J connectivity index is 1.87. The maximum atomic E-state index is 11.5. The summed E-state index contributed by atoms with van der Waals surface area (Å²) in [6.45, 7) is 9.36. The summed E-state index contributed by atoms with van der Waals surface area (Å²) >= 11 is 1.74. The van der Waals surface area contributed by atoms with Crippen molar-refractivity contribution in [1.82, 2.24) is 9.88 Å². The minimum atomic E-state index is -0.0612. The molecule has 0 saturated carbocycles. The van der Waals surface area contributed by atoms with Crippen LogP contribution in [0.4, 0.5) is 0 Å². The van der Waals surface area contributed by atoms with Gasteiger partial charge in [-0.25, -0.2) is 4.98 Å². The first-order chi connectivity index (χ1) is 9.40. The molecule has 0 N–H and O–H groups in total. The molecule has 1 aromatic heterocycles. The van der Waals surface area contributed by atoms with Gasteiger partial charge in [-0.3, -0.25) is 9.69 Å². The fourth-order valence-corrected chi connectivity index (χ4v) is 3.47. The van der Waals surface area contributed by atoms with Crippen LogP contribution >= 0.6 is 11.3 Å². The van der Waals surface area contributed by atoms with Crippen LogP contribution in [0, 0.1) is 5.92 Å². The van der Waals surface area contributed by atoms with Crippen molar-refractivity contribution in [3.05, 3.63) is 16.1 Å². The Labute approximate surface area is 125 Å². The number of ether oxygens (including phenoxy) is 1. The minimum absolute atomic E-state index is 0.0612.